The Kier molecular flexibility index (Phi) is 4.52. The second kappa shape index (κ2) is 6.55. The van der Waals surface area contributed by atoms with Gasteiger partial charge in [-0.25, -0.2) is 0 Å². The van der Waals surface area contributed by atoms with Crippen LogP contribution < -0.4 is 15.4 Å². The van der Waals surface area contributed by atoms with Crippen LogP contribution in [0.25, 0.3) is 0 Å². The first kappa shape index (κ1) is 13.1. The van der Waals surface area contributed by atoms with Crippen molar-refractivity contribution in [2.75, 3.05) is 19.0 Å². The van der Waals surface area contributed by atoms with E-state index in [1.54, 1.807) is 31.5 Å². The van der Waals surface area contributed by atoms with Gasteiger partial charge in [-0.05, 0) is 12.1 Å². The van der Waals surface area contributed by atoms with E-state index in [1.807, 2.05) is 12.1 Å². The van der Waals surface area contributed by atoms with Crippen LogP contribution in [-0.4, -0.2) is 24.7 Å². The fourth-order valence-electron chi connectivity index (χ4n) is 1.54. The van der Waals surface area contributed by atoms with Crippen molar-refractivity contribution in [2.45, 2.75) is 6.54 Å². The van der Waals surface area contributed by atoms with Crippen molar-refractivity contribution in [3.63, 3.8) is 0 Å². The Hall–Kier alpha value is -2.34. The van der Waals surface area contributed by atoms with Crippen LogP contribution in [0.3, 0.4) is 0 Å². The van der Waals surface area contributed by atoms with Crippen LogP contribution in [0.5, 0.6) is 5.75 Å². The summed E-state index contributed by atoms with van der Waals surface area (Å²) in [5.41, 5.74) is 0.700. The van der Waals surface area contributed by atoms with Crippen LogP contribution in [0.2, 0.25) is 0 Å². The number of rotatable bonds is 6. The van der Waals surface area contributed by atoms with Crippen LogP contribution in [-0.2, 0) is 11.3 Å². The van der Waals surface area contributed by atoms with E-state index in [9.17, 15) is 4.79 Å². The number of amides is 1. The molecule has 0 bridgehead atoms. The second-order valence-corrected chi connectivity index (χ2v) is 3.86. The highest BCUT2D eigenvalue weighted by atomic mass is 16.5. The summed E-state index contributed by atoms with van der Waals surface area (Å²) >= 11 is 0. The molecule has 2 N–H and O–H groups in total. The Morgan fingerprint density at radius 3 is 3.05 bits per heavy atom. The first-order valence-electron chi connectivity index (χ1n) is 5.82. The first-order chi connectivity index (χ1) is 9.28. The van der Waals surface area contributed by atoms with Crippen LogP contribution in [0.15, 0.2) is 41.1 Å². The zero-order valence-electron chi connectivity index (χ0n) is 10.6. The zero-order chi connectivity index (χ0) is 13.5. The van der Waals surface area contributed by atoms with Gasteiger partial charge in [-0.2, -0.15) is 0 Å². The van der Waals surface area contributed by atoms with Crippen molar-refractivity contribution in [1.82, 2.24) is 10.5 Å². The minimum atomic E-state index is -0.132. The lowest BCUT2D eigenvalue weighted by Crippen LogP contribution is -2.27. The van der Waals surface area contributed by atoms with Crippen LogP contribution in [0, 0.1) is 0 Å². The summed E-state index contributed by atoms with van der Waals surface area (Å²) in [5, 5.41) is 9.31. The monoisotopic (exact) mass is 261 g/mol. The van der Waals surface area contributed by atoms with Crippen molar-refractivity contribution in [1.29, 1.82) is 0 Å². The minimum absolute atomic E-state index is 0.132. The quantitative estimate of drug-likeness (QED) is 0.822. The van der Waals surface area contributed by atoms with Gasteiger partial charge in [0.2, 0.25) is 5.91 Å². The van der Waals surface area contributed by atoms with Gasteiger partial charge in [0, 0.05) is 17.8 Å². The average molecular weight is 261 g/mol. The van der Waals surface area contributed by atoms with E-state index < -0.39 is 0 Å². The largest absolute Gasteiger partial charge is 0.497 e. The maximum Gasteiger partial charge on any atom is 0.238 e. The number of aromatic nitrogens is 1. The molecule has 6 nitrogen and oxygen atoms in total. The average Bonchev–Trinajstić information content (AvgIpc) is 2.92. The molecule has 2 rings (SSSR count). The van der Waals surface area contributed by atoms with Gasteiger partial charge in [0.15, 0.2) is 0 Å². The number of carbonyl (C=O) groups excluding carboxylic acids is 1. The molecular weight excluding hydrogens is 246 g/mol. The van der Waals surface area contributed by atoms with Gasteiger partial charge in [-0.1, -0.05) is 11.2 Å². The van der Waals surface area contributed by atoms with Gasteiger partial charge >= 0.3 is 0 Å². The predicted molar refractivity (Wildman–Crippen MR) is 69.8 cm³/mol. The van der Waals surface area contributed by atoms with E-state index >= 15 is 0 Å². The van der Waals surface area contributed by atoms with E-state index in [4.69, 9.17) is 9.26 Å². The third-order valence-corrected chi connectivity index (χ3v) is 2.43. The molecule has 100 valence electrons. The lowest BCUT2D eigenvalue weighted by molar-refractivity contribution is -0.115. The number of hydrogen-bond donors (Lipinski definition) is 2. The van der Waals surface area contributed by atoms with Crippen LogP contribution in [0.1, 0.15) is 5.76 Å². The number of anilines is 1. The summed E-state index contributed by atoms with van der Waals surface area (Å²) in [6, 6.07) is 8.94. The third kappa shape index (κ3) is 4.11. The molecule has 1 amide bonds. The van der Waals surface area contributed by atoms with E-state index in [0.717, 1.165) is 0 Å². The molecule has 0 saturated carbocycles. The summed E-state index contributed by atoms with van der Waals surface area (Å²) < 4.78 is 9.98. The third-order valence-electron chi connectivity index (χ3n) is 2.43. The summed E-state index contributed by atoms with van der Waals surface area (Å²) in [4.78, 5) is 11.7. The van der Waals surface area contributed by atoms with Gasteiger partial charge in [0.25, 0.3) is 0 Å². The molecule has 0 saturated heterocycles. The van der Waals surface area contributed by atoms with Crippen molar-refractivity contribution in [3.8, 4) is 5.75 Å². The normalized spacial score (nSPS) is 10.2. The molecule has 0 aliphatic carbocycles. The fourth-order valence-corrected chi connectivity index (χ4v) is 1.54. The van der Waals surface area contributed by atoms with Crippen molar-refractivity contribution in [2.24, 2.45) is 0 Å². The molecule has 1 aromatic heterocycles. The van der Waals surface area contributed by atoms with Gasteiger partial charge in [0.05, 0.1) is 26.4 Å². The molecule has 2 aromatic rings. The van der Waals surface area contributed by atoms with Gasteiger partial charge in [-0.3, -0.25) is 4.79 Å². The van der Waals surface area contributed by atoms with E-state index in [-0.39, 0.29) is 12.5 Å². The molecule has 0 spiro atoms. The molecule has 0 aliphatic heterocycles. The number of hydrogen-bond acceptors (Lipinski definition) is 5. The first-order valence-corrected chi connectivity index (χ1v) is 5.82. The topological polar surface area (TPSA) is 76.4 Å². The van der Waals surface area contributed by atoms with Crippen molar-refractivity contribution >= 4 is 11.6 Å². The number of carbonyl (C=O) groups is 1. The van der Waals surface area contributed by atoms with Crippen LogP contribution in [0.4, 0.5) is 5.69 Å². The lowest BCUT2D eigenvalue weighted by Gasteiger charge is -2.07. The molecule has 1 heterocycles. The highest BCUT2D eigenvalue weighted by molar-refractivity contribution is 5.92. The smallest absolute Gasteiger partial charge is 0.238 e. The zero-order valence-corrected chi connectivity index (χ0v) is 10.6. The molecule has 0 unspecified atom stereocenters. The molecular formula is C13H15N3O3. The Labute approximate surface area is 110 Å². The SMILES string of the molecule is COc1cccc(NC(=O)CNCc2ccno2)c1. The highest BCUT2D eigenvalue weighted by Gasteiger charge is 2.03. The maximum atomic E-state index is 11.7. The number of nitrogens with zero attached hydrogens (tertiary/aromatic N) is 1. The van der Waals surface area contributed by atoms with Gasteiger partial charge in [-0.15, -0.1) is 0 Å². The van der Waals surface area contributed by atoms with E-state index in [1.165, 1.54) is 0 Å². The summed E-state index contributed by atoms with van der Waals surface area (Å²) in [7, 11) is 1.58. The molecule has 0 atom stereocenters. The number of nitrogens with one attached hydrogen (secondary N) is 2. The molecule has 19 heavy (non-hydrogen) atoms. The van der Waals surface area contributed by atoms with Gasteiger partial charge in [0.1, 0.15) is 11.5 Å². The fraction of sp³-hybridized carbons (Fsp3) is 0.231. The molecule has 1 aromatic carbocycles. The van der Waals surface area contributed by atoms with Crippen molar-refractivity contribution < 1.29 is 14.1 Å². The lowest BCUT2D eigenvalue weighted by atomic mass is 10.3. The van der Waals surface area contributed by atoms with Gasteiger partial charge < -0.3 is 19.9 Å². The highest BCUT2D eigenvalue weighted by Crippen LogP contribution is 2.16. The number of methoxy groups -OCH3 is 1. The number of ether oxygens (including phenoxy) is 1. The molecule has 0 radical (unpaired) electrons. The number of benzene rings is 1. The predicted octanol–water partition coefficient (Wildman–Crippen LogP) is 1.41. The summed E-state index contributed by atoms with van der Waals surface area (Å²) in [6.07, 6.45) is 1.56. The Balaban J connectivity index is 1.77. The van der Waals surface area contributed by atoms with E-state index in [2.05, 4.69) is 15.8 Å². The molecule has 0 fully saturated rings. The van der Waals surface area contributed by atoms with E-state index in [0.29, 0.717) is 23.7 Å². The minimum Gasteiger partial charge on any atom is -0.497 e. The second-order valence-electron chi connectivity index (χ2n) is 3.86. The van der Waals surface area contributed by atoms with Crippen LogP contribution >= 0.6 is 0 Å². The Morgan fingerprint density at radius 2 is 2.32 bits per heavy atom. The summed E-state index contributed by atoms with van der Waals surface area (Å²) in [6.45, 7) is 0.656. The molecule has 6 heteroatoms. The Morgan fingerprint density at radius 1 is 1.42 bits per heavy atom. The standard InChI is InChI=1S/C13H15N3O3/c1-18-11-4-2-3-10(7-11)16-13(17)9-14-8-12-5-6-15-19-12/h2-7,14H,8-9H2,1H3,(H,16,17). The maximum absolute atomic E-state index is 11.7. The molecule has 0 aliphatic rings. The Bertz CT molecular complexity index is 526. The van der Waals surface area contributed by atoms with Crippen molar-refractivity contribution in [3.05, 3.63) is 42.3 Å². The summed E-state index contributed by atoms with van der Waals surface area (Å²) in [5.74, 6) is 1.26.